The Bertz CT molecular complexity index is 858. The lowest BCUT2D eigenvalue weighted by molar-refractivity contribution is 0.0636. The monoisotopic (exact) mass is 342 g/mol. The molecule has 2 aromatic rings. The van der Waals surface area contributed by atoms with Gasteiger partial charge in [-0.3, -0.25) is 14.4 Å². The Morgan fingerprint density at radius 3 is 2.64 bits per heavy atom. The number of rotatable bonds is 3. The van der Waals surface area contributed by atoms with Gasteiger partial charge in [0.25, 0.3) is 5.91 Å². The maximum absolute atomic E-state index is 13.0. The Morgan fingerprint density at radius 2 is 1.96 bits per heavy atom. The minimum atomic E-state index is -0.384. The number of aromatic amines is 1. The fourth-order valence-electron chi connectivity index (χ4n) is 3.20. The van der Waals surface area contributed by atoms with E-state index in [1.54, 1.807) is 11.8 Å². The lowest BCUT2D eigenvalue weighted by Crippen LogP contribution is -2.42. The third kappa shape index (κ3) is 3.68. The van der Waals surface area contributed by atoms with Crippen molar-refractivity contribution < 1.29 is 14.0 Å². The van der Waals surface area contributed by atoms with Gasteiger partial charge in [0.2, 0.25) is 5.56 Å². The first kappa shape index (κ1) is 17.1. The number of hydrogen-bond acceptors (Lipinski definition) is 3. The van der Waals surface area contributed by atoms with Gasteiger partial charge in [0.1, 0.15) is 5.82 Å². The third-order valence-corrected chi connectivity index (χ3v) is 4.57. The van der Waals surface area contributed by atoms with Crippen molar-refractivity contribution >= 4 is 11.7 Å². The Hall–Kier alpha value is -2.76. The fourth-order valence-corrected chi connectivity index (χ4v) is 3.20. The molecule has 1 aliphatic heterocycles. The summed E-state index contributed by atoms with van der Waals surface area (Å²) in [5.41, 5.74) is 1.26. The molecule has 1 amide bonds. The van der Waals surface area contributed by atoms with Crippen LogP contribution in [0, 0.1) is 18.7 Å². The van der Waals surface area contributed by atoms with Crippen molar-refractivity contribution in [2.24, 2.45) is 5.92 Å². The molecular weight excluding hydrogens is 323 g/mol. The van der Waals surface area contributed by atoms with Crippen LogP contribution >= 0.6 is 0 Å². The number of ketones is 1. The Kier molecular flexibility index (Phi) is 4.79. The molecule has 130 valence electrons. The van der Waals surface area contributed by atoms with Gasteiger partial charge in [0, 0.05) is 36.8 Å². The molecule has 25 heavy (non-hydrogen) atoms. The van der Waals surface area contributed by atoms with E-state index in [1.807, 2.05) is 0 Å². The summed E-state index contributed by atoms with van der Waals surface area (Å²) in [6.07, 6.45) is 2.85. The van der Waals surface area contributed by atoms with Gasteiger partial charge >= 0.3 is 0 Å². The maximum Gasteiger partial charge on any atom is 0.255 e. The van der Waals surface area contributed by atoms with Crippen molar-refractivity contribution in [3.05, 3.63) is 69.4 Å². The highest BCUT2D eigenvalue weighted by Gasteiger charge is 2.30. The summed E-state index contributed by atoms with van der Waals surface area (Å²) < 4.78 is 13.0. The summed E-state index contributed by atoms with van der Waals surface area (Å²) in [5.74, 6) is -0.946. The number of carbonyl (C=O) groups excluding carboxylic acids is 2. The summed E-state index contributed by atoms with van der Waals surface area (Å²) in [7, 11) is 0. The lowest BCUT2D eigenvalue weighted by atomic mass is 9.89. The highest BCUT2D eigenvalue weighted by atomic mass is 19.1. The largest absolute Gasteiger partial charge is 0.338 e. The van der Waals surface area contributed by atoms with Crippen molar-refractivity contribution in [3.63, 3.8) is 0 Å². The van der Waals surface area contributed by atoms with Crippen molar-refractivity contribution in [3.8, 4) is 0 Å². The number of piperidine rings is 1. The first-order valence-corrected chi connectivity index (χ1v) is 8.24. The quantitative estimate of drug-likeness (QED) is 0.872. The normalized spacial score (nSPS) is 17.4. The van der Waals surface area contributed by atoms with Gasteiger partial charge in [-0.2, -0.15) is 0 Å². The number of pyridine rings is 1. The number of nitrogens with zero attached hydrogens (tertiary/aromatic N) is 1. The van der Waals surface area contributed by atoms with Gasteiger partial charge in [0.15, 0.2) is 5.78 Å². The molecule has 0 aliphatic carbocycles. The van der Waals surface area contributed by atoms with Gasteiger partial charge in [-0.05, 0) is 49.6 Å². The average molecular weight is 342 g/mol. The van der Waals surface area contributed by atoms with Gasteiger partial charge in [0.05, 0.1) is 5.56 Å². The van der Waals surface area contributed by atoms with Gasteiger partial charge in [-0.1, -0.05) is 0 Å². The van der Waals surface area contributed by atoms with E-state index in [-0.39, 0.29) is 29.0 Å². The minimum Gasteiger partial charge on any atom is -0.338 e. The van der Waals surface area contributed by atoms with E-state index in [0.29, 0.717) is 36.2 Å². The molecule has 2 heterocycles. The Balaban J connectivity index is 1.76. The number of carbonyl (C=O) groups is 2. The number of amides is 1. The fraction of sp³-hybridized carbons (Fsp3) is 0.316. The van der Waals surface area contributed by atoms with E-state index in [2.05, 4.69) is 4.98 Å². The highest BCUT2D eigenvalue weighted by molar-refractivity contribution is 5.99. The van der Waals surface area contributed by atoms with E-state index >= 15 is 0 Å². The number of aromatic nitrogens is 1. The van der Waals surface area contributed by atoms with E-state index in [0.717, 1.165) is 6.42 Å². The number of benzene rings is 1. The molecule has 3 rings (SSSR count). The first-order chi connectivity index (χ1) is 12.0. The molecule has 0 bridgehead atoms. The van der Waals surface area contributed by atoms with Crippen LogP contribution in [0.5, 0.6) is 0 Å². The third-order valence-electron chi connectivity index (χ3n) is 4.57. The van der Waals surface area contributed by atoms with Crippen molar-refractivity contribution in [1.29, 1.82) is 0 Å². The summed E-state index contributed by atoms with van der Waals surface area (Å²) in [4.78, 5) is 40.8. The van der Waals surface area contributed by atoms with Gasteiger partial charge in [-0.25, -0.2) is 4.39 Å². The number of H-pyrrole nitrogens is 1. The molecule has 1 aromatic carbocycles. The number of hydrogen-bond donors (Lipinski definition) is 1. The van der Waals surface area contributed by atoms with E-state index in [4.69, 9.17) is 0 Å². The summed E-state index contributed by atoms with van der Waals surface area (Å²) >= 11 is 0. The molecule has 1 fully saturated rings. The van der Waals surface area contributed by atoms with Crippen LogP contribution in [0.15, 0.2) is 41.3 Å². The molecule has 1 saturated heterocycles. The number of aryl methyl sites for hydroxylation is 1. The van der Waals surface area contributed by atoms with Gasteiger partial charge < -0.3 is 9.88 Å². The standard InChI is InChI=1S/C19H19FN2O3/c1-12-9-17(23)21-10-16(12)19(25)22-8-2-3-14(11-22)18(24)13-4-6-15(20)7-5-13/h4-7,9-10,14H,2-3,8,11H2,1H3,(H,21,23)/t14-/m1/s1. The summed E-state index contributed by atoms with van der Waals surface area (Å²) in [5, 5.41) is 0. The van der Waals surface area contributed by atoms with Crippen LogP contribution in [0.2, 0.25) is 0 Å². The van der Waals surface area contributed by atoms with Crippen molar-refractivity contribution in [2.45, 2.75) is 19.8 Å². The maximum atomic E-state index is 13.0. The molecule has 0 spiro atoms. The zero-order valence-electron chi connectivity index (χ0n) is 13.9. The van der Waals surface area contributed by atoms with Crippen LogP contribution in [-0.4, -0.2) is 34.7 Å². The number of Topliss-reactive ketones (excluding diaryl/α,β-unsaturated/α-hetero) is 1. The number of halogens is 1. The second-order valence-electron chi connectivity index (χ2n) is 6.36. The van der Waals surface area contributed by atoms with Crippen LogP contribution in [0.1, 0.15) is 39.1 Å². The van der Waals surface area contributed by atoms with Crippen molar-refractivity contribution in [2.75, 3.05) is 13.1 Å². The molecule has 5 nitrogen and oxygen atoms in total. The number of likely N-dealkylation sites (tertiary alicyclic amines) is 1. The molecule has 0 radical (unpaired) electrons. The molecule has 6 heteroatoms. The topological polar surface area (TPSA) is 70.2 Å². The van der Waals surface area contributed by atoms with E-state index in [9.17, 15) is 18.8 Å². The lowest BCUT2D eigenvalue weighted by Gasteiger charge is -2.32. The highest BCUT2D eigenvalue weighted by Crippen LogP contribution is 2.23. The molecule has 0 saturated carbocycles. The molecule has 1 aromatic heterocycles. The smallest absolute Gasteiger partial charge is 0.255 e. The number of nitrogens with one attached hydrogen (secondary N) is 1. The zero-order valence-corrected chi connectivity index (χ0v) is 13.9. The molecule has 1 atom stereocenters. The van der Waals surface area contributed by atoms with Crippen molar-refractivity contribution in [1.82, 2.24) is 9.88 Å². The predicted molar refractivity (Wildman–Crippen MR) is 91.2 cm³/mol. The Labute approximate surface area is 144 Å². The van der Waals surface area contributed by atoms with Crippen LogP contribution in [-0.2, 0) is 0 Å². The van der Waals surface area contributed by atoms with Crippen LogP contribution < -0.4 is 5.56 Å². The predicted octanol–water partition coefficient (Wildman–Crippen LogP) is 2.56. The summed E-state index contributed by atoms with van der Waals surface area (Å²) in [6, 6.07) is 6.87. The first-order valence-electron chi connectivity index (χ1n) is 8.24. The second-order valence-corrected chi connectivity index (χ2v) is 6.36. The van der Waals surface area contributed by atoms with Crippen LogP contribution in [0.4, 0.5) is 4.39 Å². The van der Waals surface area contributed by atoms with Crippen LogP contribution in [0.3, 0.4) is 0 Å². The molecular formula is C19H19FN2O3. The SMILES string of the molecule is Cc1cc(=O)[nH]cc1C(=O)N1CCC[C@@H](C(=O)c2ccc(F)cc2)C1. The second kappa shape index (κ2) is 7.01. The average Bonchev–Trinajstić information content (AvgIpc) is 2.61. The Morgan fingerprint density at radius 1 is 1.24 bits per heavy atom. The van der Waals surface area contributed by atoms with Gasteiger partial charge in [-0.15, -0.1) is 0 Å². The minimum absolute atomic E-state index is 0.0734. The van der Waals surface area contributed by atoms with Crippen LogP contribution in [0.25, 0.3) is 0 Å². The molecule has 1 aliphatic rings. The summed E-state index contributed by atoms with van der Waals surface area (Å²) in [6.45, 7) is 2.62. The van der Waals surface area contributed by atoms with E-state index in [1.165, 1.54) is 36.5 Å². The zero-order chi connectivity index (χ0) is 18.0. The molecule has 1 N–H and O–H groups in total. The van der Waals surface area contributed by atoms with E-state index < -0.39 is 0 Å². The molecule has 0 unspecified atom stereocenters.